The van der Waals surface area contributed by atoms with E-state index in [1.54, 1.807) is 0 Å². The van der Waals surface area contributed by atoms with Crippen molar-refractivity contribution in [2.75, 3.05) is 39.5 Å². The van der Waals surface area contributed by atoms with E-state index in [0.29, 0.717) is 19.8 Å². The zero-order valence-electron chi connectivity index (χ0n) is 12.0. The number of aliphatic imine (C=N–C) groups is 1. The topological polar surface area (TPSA) is 43.3 Å². The Morgan fingerprint density at radius 2 is 1.94 bits per heavy atom. The van der Waals surface area contributed by atoms with E-state index < -0.39 is 5.41 Å². The smallest absolute Gasteiger partial charge is 0.168 e. The van der Waals surface area contributed by atoms with Crippen LogP contribution < -0.4 is 0 Å². The van der Waals surface area contributed by atoms with Crippen molar-refractivity contribution < 1.29 is 14.2 Å². The maximum absolute atomic E-state index is 5.86. The van der Waals surface area contributed by atoms with Gasteiger partial charge < -0.3 is 19.1 Å². The van der Waals surface area contributed by atoms with Gasteiger partial charge in [0, 0.05) is 32.9 Å². The average molecular weight is 274 g/mol. The molecule has 5 nitrogen and oxygen atoms in total. The Morgan fingerprint density at radius 3 is 2.39 bits per heavy atom. The summed E-state index contributed by atoms with van der Waals surface area (Å²) < 4.78 is 17.5. The summed E-state index contributed by atoms with van der Waals surface area (Å²) in [5.41, 5.74) is -0.560. The molecule has 0 amide bonds. The number of ether oxygens (including phenoxy) is 3. The minimum atomic E-state index is -0.560. The summed E-state index contributed by atoms with van der Waals surface area (Å²) in [4.78, 5) is 6.40. The van der Waals surface area contributed by atoms with Gasteiger partial charge in [-0.2, -0.15) is 0 Å². The second kappa shape index (κ2) is 7.88. The Hall–Kier alpha value is -0.433. The molecule has 1 aliphatic heterocycles. The summed E-state index contributed by atoms with van der Waals surface area (Å²) in [7, 11) is 0.776. The lowest BCUT2D eigenvalue weighted by Gasteiger charge is -2.38. The molecule has 0 aromatic heterocycles. The van der Waals surface area contributed by atoms with Gasteiger partial charge in [-0.05, 0) is 20.8 Å². The van der Waals surface area contributed by atoms with Crippen molar-refractivity contribution in [3.05, 3.63) is 0 Å². The van der Waals surface area contributed by atoms with Gasteiger partial charge in [0.05, 0.1) is 23.1 Å². The minimum absolute atomic E-state index is 0.0568. The molecule has 0 N–H and O–H groups in total. The first-order valence-electron chi connectivity index (χ1n) is 6.79. The van der Waals surface area contributed by atoms with Crippen molar-refractivity contribution >= 4 is 16.6 Å². The van der Waals surface area contributed by atoms with Gasteiger partial charge in [0.1, 0.15) is 6.10 Å². The molecule has 0 fully saturated rings. The van der Waals surface area contributed by atoms with Crippen molar-refractivity contribution in [3.8, 4) is 0 Å². The first-order valence-corrected chi connectivity index (χ1v) is 7.79. The zero-order valence-corrected chi connectivity index (χ0v) is 14.0. The van der Waals surface area contributed by atoms with Crippen LogP contribution in [0, 0.1) is 0 Å². The van der Waals surface area contributed by atoms with E-state index in [0.717, 1.165) is 29.9 Å². The highest BCUT2D eigenvalue weighted by molar-refractivity contribution is 6.14. The molecule has 18 heavy (non-hydrogen) atoms. The lowest BCUT2D eigenvalue weighted by Crippen LogP contribution is -2.54. The van der Waals surface area contributed by atoms with Gasteiger partial charge in [-0.25, -0.2) is 0 Å². The van der Waals surface area contributed by atoms with E-state index >= 15 is 0 Å². The molecule has 0 aromatic carbocycles. The molecule has 1 unspecified atom stereocenters. The average Bonchev–Trinajstić information content (AvgIpc) is 2.82. The van der Waals surface area contributed by atoms with Gasteiger partial charge in [0.25, 0.3) is 0 Å². The van der Waals surface area contributed by atoms with Gasteiger partial charge in [-0.15, -0.1) is 0 Å². The molecule has 0 saturated carbocycles. The Balaban J connectivity index is 2.68. The Kier molecular flexibility index (Phi) is 6.84. The van der Waals surface area contributed by atoms with E-state index in [1.165, 1.54) is 0 Å². The number of rotatable bonds is 9. The predicted octanol–water partition coefficient (Wildman–Crippen LogP) is -0.172. The highest BCUT2D eigenvalue weighted by Crippen LogP contribution is 2.19. The van der Waals surface area contributed by atoms with Crippen LogP contribution in [0.2, 0.25) is 0 Å². The lowest BCUT2D eigenvalue weighted by molar-refractivity contribution is -0.236. The number of nitrogens with zero attached hydrogens (tertiary/aromatic N) is 2. The third-order valence-electron chi connectivity index (χ3n) is 2.98. The van der Waals surface area contributed by atoms with Crippen molar-refractivity contribution in [3.63, 3.8) is 0 Å². The van der Waals surface area contributed by atoms with Gasteiger partial charge in [0.2, 0.25) is 0 Å². The molecule has 0 aromatic rings. The predicted molar refractivity (Wildman–Crippen MR) is 76.3 cm³/mol. The number of hydrogen-bond donors (Lipinski definition) is 0. The molecular weight excluding hydrogens is 248 g/mol. The monoisotopic (exact) mass is 274 g/mol. The number of hydrogen-bond acceptors (Lipinski definition) is 5. The fourth-order valence-corrected chi connectivity index (χ4v) is 3.07. The summed E-state index contributed by atoms with van der Waals surface area (Å²) in [6, 6.07) is 0. The fraction of sp³-hybridized carbons (Fsp3) is 0.917. The van der Waals surface area contributed by atoms with Crippen molar-refractivity contribution in [1.29, 1.82) is 0 Å². The summed E-state index contributed by atoms with van der Waals surface area (Å²) >= 11 is 0. The van der Waals surface area contributed by atoms with Gasteiger partial charge in [-0.3, -0.25) is 4.99 Å². The first-order chi connectivity index (χ1) is 8.66. The molecule has 0 bridgehead atoms. The molecule has 1 aliphatic rings. The highest BCUT2D eigenvalue weighted by atomic mass is 28.1. The third-order valence-corrected chi connectivity index (χ3v) is 4.20. The van der Waals surface area contributed by atoms with E-state index in [2.05, 4.69) is 9.89 Å². The molecule has 0 radical (unpaired) electrons. The second-order valence-corrected chi connectivity index (χ2v) is 5.74. The zero-order chi connectivity index (χ0) is 13.4. The van der Waals surface area contributed by atoms with E-state index in [4.69, 9.17) is 14.2 Å². The van der Waals surface area contributed by atoms with Crippen molar-refractivity contribution in [2.45, 2.75) is 32.3 Å². The van der Waals surface area contributed by atoms with Gasteiger partial charge in [0.15, 0.2) is 5.41 Å². The normalized spacial score (nSPS) is 17.6. The minimum Gasteiger partial charge on any atom is -0.371 e. The second-order valence-electron chi connectivity index (χ2n) is 4.34. The van der Waals surface area contributed by atoms with E-state index in [-0.39, 0.29) is 6.10 Å². The summed E-state index contributed by atoms with van der Waals surface area (Å²) in [6.07, 6.45) is 1.84. The summed E-state index contributed by atoms with van der Waals surface area (Å²) in [5, 5.41) is 0. The molecule has 0 spiro atoms. The molecule has 106 valence electrons. The Morgan fingerprint density at radius 1 is 1.28 bits per heavy atom. The van der Waals surface area contributed by atoms with Gasteiger partial charge >= 0.3 is 0 Å². The molecule has 1 heterocycles. The third kappa shape index (κ3) is 4.35. The summed E-state index contributed by atoms with van der Waals surface area (Å²) in [6.45, 7) is 10.5. The van der Waals surface area contributed by atoms with Crippen LogP contribution >= 0.6 is 0 Å². The van der Waals surface area contributed by atoms with E-state index in [1.807, 2.05) is 27.1 Å². The maximum Gasteiger partial charge on any atom is 0.168 e. The van der Waals surface area contributed by atoms with Crippen LogP contribution in [0.3, 0.4) is 0 Å². The first kappa shape index (κ1) is 15.6. The molecule has 1 rings (SSSR count). The van der Waals surface area contributed by atoms with Crippen LogP contribution in [0.15, 0.2) is 4.99 Å². The molecule has 6 heteroatoms. The maximum atomic E-state index is 5.86. The quantitative estimate of drug-likeness (QED) is 0.432. The summed E-state index contributed by atoms with van der Waals surface area (Å²) in [5.74, 6) is 0. The largest absolute Gasteiger partial charge is 0.371 e. The molecule has 0 saturated heterocycles. The van der Waals surface area contributed by atoms with Crippen molar-refractivity contribution in [1.82, 2.24) is 4.90 Å². The van der Waals surface area contributed by atoms with Crippen LogP contribution in [0.1, 0.15) is 20.8 Å². The lowest BCUT2D eigenvalue weighted by atomic mass is 10.3. The van der Waals surface area contributed by atoms with Crippen LogP contribution in [0.5, 0.6) is 0 Å². The van der Waals surface area contributed by atoms with Crippen LogP contribution in [0.4, 0.5) is 0 Å². The van der Waals surface area contributed by atoms with Gasteiger partial charge in [-0.1, -0.05) is 0 Å². The molecule has 1 atom stereocenters. The molecular formula is C12H26N2O3Si. The van der Waals surface area contributed by atoms with Crippen LogP contribution in [-0.4, -0.2) is 72.5 Å². The fourth-order valence-electron chi connectivity index (χ4n) is 2.14. The SMILES string of the molecule is CCOC(CN1C=NCC1)C([SiH3])(OCC)OCC. The molecule has 0 aliphatic carbocycles. The van der Waals surface area contributed by atoms with E-state index in [9.17, 15) is 0 Å². The Labute approximate surface area is 113 Å². The Bertz CT molecular complexity index is 258. The standard InChI is InChI=1S/C12H26N2O3Si/c1-4-15-11(9-14-8-7-13-10-14)12(18,16-5-2)17-6-3/h10-11H,4-9H2,1-3,18H3. The van der Waals surface area contributed by atoms with Crippen molar-refractivity contribution in [2.24, 2.45) is 4.99 Å². The van der Waals surface area contributed by atoms with Crippen LogP contribution in [0.25, 0.3) is 0 Å². The van der Waals surface area contributed by atoms with Crippen LogP contribution in [-0.2, 0) is 14.2 Å². The highest BCUT2D eigenvalue weighted by Gasteiger charge is 2.37.